The van der Waals surface area contributed by atoms with E-state index in [0.29, 0.717) is 0 Å². The predicted molar refractivity (Wildman–Crippen MR) is 108 cm³/mol. The van der Waals surface area contributed by atoms with Crippen LogP contribution in [-0.2, 0) is 6.42 Å². The maximum Gasteiger partial charge on any atom is 0.107 e. The second-order valence-corrected chi connectivity index (χ2v) is 7.15. The average Bonchev–Trinajstić information content (AvgIpc) is 3.03. The summed E-state index contributed by atoms with van der Waals surface area (Å²) >= 11 is 1.25. The molecule has 0 spiro atoms. The number of rotatable bonds is 10. The zero-order chi connectivity index (χ0) is 18.2. The van der Waals surface area contributed by atoms with Gasteiger partial charge in [0.05, 0.1) is 17.4 Å². The average molecular weight is 343 g/mol. The molecule has 0 amide bonds. The summed E-state index contributed by atoms with van der Waals surface area (Å²) in [5, 5.41) is 0. The summed E-state index contributed by atoms with van der Waals surface area (Å²) in [5.74, 6) is 0. The highest BCUT2D eigenvalue weighted by Crippen LogP contribution is 2.30. The van der Waals surface area contributed by atoms with Gasteiger partial charge in [-0.1, -0.05) is 64.8 Å². The van der Waals surface area contributed by atoms with E-state index in [1.54, 1.807) is 0 Å². The molecule has 0 aromatic carbocycles. The molecule has 1 rings (SSSR count). The molecule has 24 heavy (non-hydrogen) atoms. The first-order valence-electron chi connectivity index (χ1n) is 8.52. The third-order valence-corrected chi connectivity index (χ3v) is 5.06. The lowest BCUT2D eigenvalue weighted by molar-refractivity contribution is 0.441. The van der Waals surface area contributed by atoms with E-state index in [9.17, 15) is 0 Å². The molecule has 130 valence electrons. The molecule has 0 aliphatic carbocycles. The Labute approximate surface area is 151 Å². The van der Waals surface area contributed by atoms with E-state index in [1.165, 1.54) is 11.7 Å². The van der Waals surface area contributed by atoms with Crippen LogP contribution in [0.4, 0.5) is 0 Å². The van der Waals surface area contributed by atoms with Crippen LogP contribution in [0.1, 0.15) is 58.3 Å². The highest BCUT2D eigenvalue weighted by Gasteiger charge is 2.17. The Bertz CT molecular complexity index is 645. The van der Waals surface area contributed by atoms with Gasteiger partial charge < -0.3 is 0 Å². The first kappa shape index (κ1) is 20.3. The molecule has 0 unspecified atom stereocenters. The van der Waals surface area contributed by atoms with Crippen LogP contribution in [0.25, 0.3) is 5.57 Å². The van der Waals surface area contributed by atoms with Gasteiger partial charge in [0.15, 0.2) is 0 Å². The van der Waals surface area contributed by atoms with Gasteiger partial charge >= 0.3 is 0 Å². The van der Waals surface area contributed by atoms with Gasteiger partial charge in [0, 0.05) is 5.57 Å². The molecule has 1 aromatic heterocycles. The van der Waals surface area contributed by atoms with Crippen molar-refractivity contribution in [1.82, 2.24) is 8.75 Å². The Balaban J connectivity index is 2.75. The molecule has 0 N–H and O–H groups in total. The van der Waals surface area contributed by atoms with Crippen molar-refractivity contribution in [2.75, 3.05) is 0 Å². The molecule has 0 radical (unpaired) electrons. The minimum Gasteiger partial charge on any atom is -0.177 e. The number of hydrogen-bond donors (Lipinski definition) is 0. The molecule has 0 aliphatic heterocycles. The maximum absolute atomic E-state index is 4.43. The van der Waals surface area contributed by atoms with Crippen LogP contribution < -0.4 is 0 Å². The number of unbranched alkanes of at least 4 members (excludes halogenated alkanes) is 1. The maximum atomic E-state index is 4.43. The largest absolute Gasteiger partial charge is 0.177 e. The molecule has 1 heterocycles. The fraction of sp³-hybridized carbons (Fsp3) is 0.429. The van der Waals surface area contributed by atoms with Crippen LogP contribution in [0.3, 0.4) is 0 Å². The molecule has 0 saturated heterocycles. The Morgan fingerprint density at radius 3 is 2.50 bits per heavy atom. The van der Waals surface area contributed by atoms with Gasteiger partial charge in [-0.2, -0.15) is 8.75 Å². The van der Waals surface area contributed by atoms with Crippen LogP contribution in [-0.4, -0.2) is 8.75 Å². The Morgan fingerprint density at radius 2 is 1.88 bits per heavy atom. The van der Waals surface area contributed by atoms with Crippen molar-refractivity contribution in [3.8, 4) is 0 Å². The summed E-state index contributed by atoms with van der Waals surface area (Å²) in [5.41, 5.74) is 4.82. The Morgan fingerprint density at radius 1 is 1.17 bits per heavy atom. The molecular formula is C21H30N2S. The fourth-order valence-corrected chi connectivity index (χ4v) is 2.67. The molecule has 1 aromatic rings. The smallest absolute Gasteiger partial charge is 0.107 e. The summed E-state index contributed by atoms with van der Waals surface area (Å²) in [6.45, 7) is 21.1. The molecule has 0 aliphatic rings. The van der Waals surface area contributed by atoms with Crippen molar-refractivity contribution in [2.45, 2.75) is 53.4 Å². The molecule has 0 bridgehead atoms. The van der Waals surface area contributed by atoms with Crippen molar-refractivity contribution in [3.05, 3.63) is 66.6 Å². The third kappa shape index (κ3) is 5.72. The summed E-state index contributed by atoms with van der Waals surface area (Å²) in [4.78, 5) is 0. The van der Waals surface area contributed by atoms with E-state index in [2.05, 4.69) is 61.4 Å². The number of aromatic nitrogens is 2. The minimum atomic E-state index is 0.0955. The summed E-state index contributed by atoms with van der Waals surface area (Å²) < 4.78 is 8.85. The standard InChI is InChI=1S/C21H30N2S/c1-8-10-11-12-13-19-20(23-24-22-19)18(5)16(3)14-15-17(4)21(6,7)9-2/h8,10,14-15H,3-5,9,11-13H2,1-2,6-7H3. The van der Waals surface area contributed by atoms with Gasteiger partial charge in [-0.25, -0.2) is 0 Å². The second kappa shape index (κ2) is 9.53. The molecule has 0 atom stereocenters. The molecular weight excluding hydrogens is 312 g/mol. The van der Waals surface area contributed by atoms with E-state index in [0.717, 1.165) is 53.8 Å². The zero-order valence-electron chi connectivity index (χ0n) is 15.6. The van der Waals surface area contributed by atoms with Crippen molar-refractivity contribution in [1.29, 1.82) is 0 Å². The van der Waals surface area contributed by atoms with Crippen molar-refractivity contribution in [3.63, 3.8) is 0 Å². The van der Waals surface area contributed by atoms with Crippen LogP contribution >= 0.6 is 11.7 Å². The minimum absolute atomic E-state index is 0.0955. The summed E-state index contributed by atoms with van der Waals surface area (Å²) in [6, 6.07) is 0. The van der Waals surface area contributed by atoms with E-state index in [1.807, 2.05) is 19.1 Å². The first-order chi connectivity index (χ1) is 11.3. The lowest BCUT2D eigenvalue weighted by atomic mass is 9.82. The number of allylic oxidation sites excluding steroid dienone is 7. The predicted octanol–water partition coefficient (Wildman–Crippen LogP) is 6.55. The normalized spacial score (nSPS) is 12.2. The van der Waals surface area contributed by atoms with Gasteiger partial charge in [0.25, 0.3) is 0 Å². The van der Waals surface area contributed by atoms with Crippen LogP contribution in [0.15, 0.2) is 55.2 Å². The lowest BCUT2D eigenvalue weighted by Gasteiger charge is -2.23. The monoisotopic (exact) mass is 342 g/mol. The number of hydrogen-bond acceptors (Lipinski definition) is 3. The van der Waals surface area contributed by atoms with E-state index in [-0.39, 0.29) is 5.41 Å². The third-order valence-electron chi connectivity index (χ3n) is 4.49. The topological polar surface area (TPSA) is 25.8 Å². The first-order valence-corrected chi connectivity index (χ1v) is 9.25. The van der Waals surface area contributed by atoms with Gasteiger partial charge in [-0.3, -0.25) is 0 Å². The molecule has 0 fully saturated rings. The van der Waals surface area contributed by atoms with Crippen molar-refractivity contribution >= 4 is 17.3 Å². The fourth-order valence-electron chi connectivity index (χ4n) is 2.06. The van der Waals surface area contributed by atoms with Crippen LogP contribution in [0.2, 0.25) is 0 Å². The lowest BCUT2D eigenvalue weighted by Crippen LogP contribution is -2.10. The summed E-state index contributed by atoms with van der Waals surface area (Å²) in [7, 11) is 0. The van der Waals surface area contributed by atoms with Gasteiger partial charge in [0.1, 0.15) is 5.69 Å². The van der Waals surface area contributed by atoms with Gasteiger partial charge in [-0.05, 0) is 49.2 Å². The molecule has 0 saturated carbocycles. The van der Waals surface area contributed by atoms with Crippen LogP contribution in [0, 0.1) is 5.41 Å². The Hall–Kier alpha value is -1.74. The van der Waals surface area contributed by atoms with Crippen molar-refractivity contribution < 1.29 is 0 Å². The van der Waals surface area contributed by atoms with Crippen LogP contribution in [0.5, 0.6) is 0 Å². The van der Waals surface area contributed by atoms with E-state index >= 15 is 0 Å². The second-order valence-electron chi connectivity index (χ2n) is 6.62. The highest BCUT2D eigenvalue weighted by molar-refractivity contribution is 6.99. The number of nitrogens with zero attached hydrogens (tertiary/aromatic N) is 2. The SMILES string of the molecule is C=C(C=CC(=C)C(C)(C)CC)C(=C)c1nsnc1CCCC=CC. The Kier molecular flexibility index (Phi) is 8.06. The summed E-state index contributed by atoms with van der Waals surface area (Å²) in [6.07, 6.45) is 12.4. The zero-order valence-corrected chi connectivity index (χ0v) is 16.4. The van der Waals surface area contributed by atoms with E-state index < -0.39 is 0 Å². The quantitative estimate of drug-likeness (QED) is 0.273. The molecule has 2 nitrogen and oxygen atoms in total. The number of aryl methyl sites for hydroxylation is 1. The van der Waals surface area contributed by atoms with Gasteiger partial charge in [-0.15, -0.1) is 0 Å². The van der Waals surface area contributed by atoms with E-state index in [4.69, 9.17) is 0 Å². The van der Waals surface area contributed by atoms with Gasteiger partial charge in [0.2, 0.25) is 0 Å². The highest BCUT2D eigenvalue weighted by atomic mass is 32.1. The molecule has 3 heteroatoms. The van der Waals surface area contributed by atoms with Crippen molar-refractivity contribution in [2.24, 2.45) is 5.41 Å².